The Morgan fingerprint density at radius 3 is 2.80 bits per heavy atom. The van der Waals surface area contributed by atoms with Crippen molar-refractivity contribution < 1.29 is 19.1 Å². The summed E-state index contributed by atoms with van der Waals surface area (Å²) in [5, 5.41) is 12.4. The van der Waals surface area contributed by atoms with Gasteiger partial charge in [0.05, 0.1) is 5.69 Å². The molecule has 154 valence electrons. The molecule has 9 nitrogen and oxygen atoms in total. The standard InChI is InChI=1S/C20H19N5O4S/c26-18(22-20-21-5-8-30-20)12-3-6-25(7-4-12)19(27)15-10-14(23-24-15)13-1-2-16-17(9-13)29-11-28-16/h1-2,5,8-10,12H,3-4,6-7,11H2,(H,23,24)(H,21,22,26). The summed E-state index contributed by atoms with van der Waals surface area (Å²) in [6, 6.07) is 7.29. The Hall–Kier alpha value is -3.40. The molecule has 2 aromatic heterocycles. The van der Waals surface area contributed by atoms with Crippen LogP contribution in [-0.2, 0) is 4.79 Å². The highest BCUT2D eigenvalue weighted by Crippen LogP contribution is 2.35. The van der Waals surface area contributed by atoms with Crippen LogP contribution in [0.1, 0.15) is 23.3 Å². The molecule has 0 spiro atoms. The number of nitrogens with one attached hydrogen (secondary N) is 2. The second-order valence-corrected chi connectivity index (χ2v) is 8.02. The van der Waals surface area contributed by atoms with E-state index in [9.17, 15) is 9.59 Å². The van der Waals surface area contributed by atoms with Gasteiger partial charge < -0.3 is 19.7 Å². The average Bonchev–Trinajstić information content (AvgIpc) is 3.54. The second-order valence-electron chi connectivity index (χ2n) is 7.13. The Kier molecular flexibility index (Phi) is 4.83. The summed E-state index contributed by atoms with van der Waals surface area (Å²) in [6.45, 7) is 1.25. The maximum atomic E-state index is 12.9. The molecule has 1 saturated heterocycles. The molecule has 0 unspecified atom stereocenters. The van der Waals surface area contributed by atoms with Crippen LogP contribution in [0.15, 0.2) is 35.8 Å². The van der Waals surface area contributed by atoms with Crippen LogP contribution >= 0.6 is 11.3 Å². The van der Waals surface area contributed by atoms with Gasteiger partial charge in [0.25, 0.3) is 5.91 Å². The molecular formula is C20H19N5O4S. The molecule has 2 aliphatic rings. The van der Waals surface area contributed by atoms with Gasteiger partial charge in [0.1, 0.15) is 5.69 Å². The molecular weight excluding hydrogens is 406 g/mol. The molecule has 2 amide bonds. The van der Waals surface area contributed by atoms with Crippen molar-refractivity contribution in [2.24, 2.45) is 5.92 Å². The summed E-state index contributed by atoms with van der Waals surface area (Å²) >= 11 is 1.39. The van der Waals surface area contributed by atoms with Gasteiger partial charge in [0, 0.05) is 36.1 Å². The van der Waals surface area contributed by atoms with Gasteiger partial charge in [0.15, 0.2) is 16.6 Å². The van der Waals surface area contributed by atoms with E-state index < -0.39 is 0 Å². The van der Waals surface area contributed by atoms with Gasteiger partial charge in [-0.2, -0.15) is 5.10 Å². The number of thiazole rings is 1. The van der Waals surface area contributed by atoms with Crippen LogP contribution in [0.5, 0.6) is 11.5 Å². The second kappa shape index (κ2) is 7.79. The van der Waals surface area contributed by atoms with E-state index in [-0.39, 0.29) is 24.5 Å². The minimum Gasteiger partial charge on any atom is -0.454 e. The summed E-state index contributed by atoms with van der Waals surface area (Å²) < 4.78 is 10.7. The fourth-order valence-corrected chi connectivity index (χ4v) is 4.17. The molecule has 3 aromatic rings. The van der Waals surface area contributed by atoms with E-state index in [1.54, 1.807) is 17.2 Å². The van der Waals surface area contributed by atoms with E-state index in [4.69, 9.17) is 9.47 Å². The van der Waals surface area contributed by atoms with Gasteiger partial charge >= 0.3 is 0 Å². The van der Waals surface area contributed by atoms with Crippen molar-refractivity contribution in [2.75, 3.05) is 25.2 Å². The molecule has 1 aromatic carbocycles. The predicted octanol–water partition coefficient (Wildman–Crippen LogP) is 2.75. The highest BCUT2D eigenvalue weighted by atomic mass is 32.1. The lowest BCUT2D eigenvalue weighted by Gasteiger charge is -2.30. The number of piperidine rings is 1. The van der Waals surface area contributed by atoms with Gasteiger partial charge in [-0.05, 0) is 37.1 Å². The molecule has 0 bridgehead atoms. The minimum absolute atomic E-state index is 0.0383. The number of amides is 2. The first kappa shape index (κ1) is 18.6. The number of nitrogens with zero attached hydrogens (tertiary/aromatic N) is 3. The number of hydrogen-bond acceptors (Lipinski definition) is 7. The average molecular weight is 425 g/mol. The van der Waals surface area contributed by atoms with Gasteiger partial charge in [-0.3, -0.25) is 14.7 Å². The van der Waals surface area contributed by atoms with Crippen molar-refractivity contribution >= 4 is 28.3 Å². The zero-order valence-corrected chi connectivity index (χ0v) is 16.8. The zero-order valence-electron chi connectivity index (χ0n) is 16.0. The first-order chi connectivity index (χ1) is 14.7. The molecule has 2 N–H and O–H groups in total. The van der Waals surface area contributed by atoms with E-state index in [0.29, 0.717) is 53.9 Å². The van der Waals surface area contributed by atoms with Crippen molar-refractivity contribution in [3.05, 3.63) is 41.5 Å². The molecule has 5 rings (SSSR count). The monoisotopic (exact) mass is 425 g/mol. The summed E-state index contributed by atoms with van der Waals surface area (Å²) in [4.78, 5) is 31.1. The topological polar surface area (TPSA) is 109 Å². The van der Waals surface area contributed by atoms with Crippen molar-refractivity contribution in [1.82, 2.24) is 20.1 Å². The van der Waals surface area contributed by atoms with Crippen LogP contribution in [-0.4, -0.2) is 51.8 Å². The lowest BCUT2D eigenvalue weighted by molar-refractivity contribution is -0.121. The maximum absolute atomic E-state index is 12.9. The molecule has 0 aliphatic carbocycles. The number of carbonyl (C=O) groups excluding carboxylic acids is 2. The highest BCUT2D eigenvalue weighted by Gasteiger charge is 2.29. The number of aromatic amines is 1. The normalized spacial score (nSPS) is 15.9. The fraction of sp³-hybridized carbons (Fsp3) is 0.300. The van der Waals surface area contributed by atoms with Gasteiger partial charge in [-0.25, -0.2) is 4.98 Å². The number of anilines is 1. The van der Waals surface area contributed by atoms with Gasteiger partial charge in [-0.15, -0.1) is 11.3 Å². The minimum atomic E-state index is -0.121. The Bertz CT molecular complexity index is 1070. The van der Waals surface area contributed by atoms with Crippen LogP contribution < -0.4 is 14.8 Å². The van der Waals surface area contributed by atoms with Crippen molar-refractivity contribution in [3.8, 4) is 22.8 Å². The third-order valence-electron chi connectivity index (χ3n) is 5.29. The Morgan fingerprint density at radius 2 is 2.00 bits per heavy atom. The summed E-state index contributed by atoms with van der Waals surface area (Å²) in [5.74, 6) is 1.09. The molecule has 30 heavy (non-hydrogen) atoms. The molecule has 10 heteroatoms. The number of carbonyl (C=O) groups is 2. The summed E-state index contributed by atoms with van der Waals surface area (Å²) in [7, 11) is 0. The quantitative estimate of drug-likeness (QED) is 0.665. The van der Waals surface area contributed by atoms with Gasteiger partial charge in [-0.1, -0.05) is 0 Å². The number of aromatic nitrogens is 3. The van der Waals surface area contributed by atoms with Crippen LogP contribution in [0.4, 0.5) is 5.13 Å². The zero-order chi connectivity index (χ0) is 20.5. The molecule has 1 fully saturated rings. The van der Waals surface area contributed by atoms with Crippen LogP contribution in [0.2, 0.25) is 0 Å². The first-order valence-electron chi connectivity index (χ1n) is 9.62. The smallest absolute Gasteiger partial charge is 0.271 e. The van der Waals surface area contributed by atoms with Crippen LogP contribution in [0.25, 0.3) is 11.3 Å². The van der Waals surface area contributed by atoms with E-state index >= 15 is 0 Å². The summed E-state index contributed by atoms with van der Waals surface area (Å²) in [6.07, 6.45) is 2.89. The molecule has 4 heterocycles. The molecule has 0 radical (unpaired) electrons. The number of fused-ring (bicyclic) bond motifs is 1. The van der Waals surface area contributed by atoms with E-state index in [0.717, 1.165) is 5.56 Å². The SMILES string of the molecule is O=C(Nc1nccs1)C1CCN(C(=O)c2cc(-c3ccc4c(c3)OCO4)n[nH]2)CC1. The fourth-order valence-electron chi connectivity index (χ4n) is 3.64. The van der Waals surface area contributed by atoms with Crippen LogP contribution in [0.3, 0.4) is 0 Å². The Labute approximate surface area is 176 Å². The Morgan fingerprint density at radius 1 is 1.17 bits per heavy atom. The number of H-pyrrole nitrogens is 1. The molecule has 0 atom stereocenters. The maximum Gasteiger partial charge on any atom is 0.271 e. The molecule has 0 saturated carbocycles. The number of rotatable bonds is 4. The van der Waals surface area contributed by atoms with Crippen molar-refractivity contribution in [2.45, 2.75) is 12.8 Å². The van der Waals surface area contributed by atoms with Gasteiger partial charge in [0.2, 0.25) is 12.7 Å². The number of hydrogen-bond donors (Lipinski definition) is 2. The number of ether oxygens (including phenoxy) is 2. The predicted molar refractivity (Wildman–Crippen MR) is 110 cm³/mol. The molecule has 2 aliphatic heterocycles. The van der Waals surface area contributed by atoms with Crippen LogP contribution in [0, 0.1) is 5.92 Å². The highest BCUT2D eigenvalue weighted by molar-refractivity contribution is 7.13. The van der Waals surface area contributed by atoms with E-state index in [1.807, 2.05) is 23.6 Å². The van der Waals surface area contributed by atoms with E-state index in [1.165, 1.54) is 11.3 Å². The number of benzene rings is 1. The first-order valence-corrected chi connectivity index (χ1v) is 10.5. The lowest BCUT2D eigenvalue weighted by atomic mass is 9.96. The summed E-state index contributed by atoms with van der Waals surface area (Å²) in [5.41, 5.74) is 1.93. The van der Waals surface area contributed by atoms with Crippen molar-refractivity contribution in [3.63, 3.8) is 0 Å². The number of likely N-dealkylation sites (tertiary alicyclic amines) is 1. The Balaban J connectivity index is 1.21. The van der Waals surface area contributed by atoms with Crippen molar-refractivity contribution in [1.29, 1.82) is 0 Å². The lowest BCUT2D eigenvalue weighted by Crippen LogP contribution is -2.41. The largest absolute Gasteiger partial charge is 0.454 e. The van der Waals surface area contributed by atoms with E-state index in [2.05, 4.69) is 20.5 Å². The third kappa shape index (κ3) is 3.61. The third-order valence-corrected chi connectivity index (χ3v) is 5.98.